The molecule has 0 aromatic rings. The van der Waals surface area contributed by atoms with Crippen molar-refractivity contribution in [3.05, 3.63) is 24.3 Å². The third-order valence-corrected chi connectivity index (χ3v) is 2.01. The first-order valence-electron chi connectivity index (χ1n) is 5.85. The van der Waals surface area contributed by atoms with Gasteiger partial charge in [-0.25, -0.2) is 0 Å². The molecule has 0 bridgehead atoms. The molecule has 1 N–H and O–H groups in total. The second-order valence-corrected chi connectivity index (χ2v) is 3.73. The minimum absolute atomic E-state index is 0.0582. The fourth-order valence-corrected chi connectivity index (χ4v) is 1.45. The lowest BCUT2D eigenvalue weighted by atomic mass is 10.2. The van der Waals surface area contributed by atoms with Gasteiger partial charge in [0.15, 0.2) is 5.79 Å². The Morgan fingerprint density at radius 3 is 2.47 bits per heavy atom. The average molecular weight is 238 g/mol. The maximum absolute atomic E-state index is 9.08. The van der Waals surface area contributed by atoms with E-state index >= 15 is 0 Å². The van der Waals surface area contributed by atoms with Crippen molar-refractivity contribution in [3.63, 3.8) is 0 Å². The van der Waals surface area contributed by atoms with Gasteiger partial charge in [0.1, 0.15) is 12.2 Å². The summed E-state index contributed by atoms with van der Waals surface area (Å²) in [4.78, 5) is 0. The van der Waals surface area contributed by atoms with E-state index in [0.717, 1.165) is 0 Å². The van der Waals surface area contributed by atoms with Gasteiger partial charge < -0.3 is 14.6 Å². The summed E-state index contributed by atoms with van der Waals surface area (Å²) in [6.45, 7) is 7.58. The Morgan fingerprint density at radius 2 is 1.94 bits per heavy atom. The topological polar surface area (TPSA) is 38.7 Å². The molecule has 1 fully saturated rings. The summed E-state index contributed by atoms with van der Waals surface area (Å²) in [6.07, 6.45) is 11.5. The molecular formula is C14H22O3. The zero-order valence-corrected chi connectivity index (χ0v) is 11.0. The van der Waals surface area contributed by atoms with Gasteiger partial charge in [-0.3, -0.25) is 0 Å². The predicted octanol–water partition coefficient (Wildman–Crippen LogP) is 2.27. The molecule has 0 saturated carbocycles. The Labute approximate surface area is 104 Å². The Morgan fingerprint density at radius 1 is 1.29 bits per heavy atom. The lowest BCUT2D eigenvalue weighted by molar-refractivity contribution is -0.146. The molecule has 0 amide bonds. The van der Waals surface area contributed by atoms with Crippen LogP contribution in [0.3, 0.4) is 0 Å². The van der Waals surface area contributed by atoms with Crippen LogP contribution in [0.1, 0.15) is 27.7 Å². The summed E-state index contributed by atoms with van der Waals surface area (Å²) in [5, 5.41) is 9.08. The molecule has 0 aromatic heterocycles. The third kappa shape index (κ3) is 5.69. The molecule has 1 rings (SSSR count). The number of ether oxygens (including phenoxy) is 2. The summed E-state index contributed by atoms with van der Waals surface area (Å²) >= 11 is 0. The summed E-state index contributed by atoms with van der Waals surface area (Å²) in [5.41, 5.74) is 0. The van der Waals surface area contributed by atoms with Crippen molar-refractivity contribution < 1.29 is 14.6 Å². The van der Waals surface area contributed by atoms with Crippen molar-refractivity contribution in [2.75, 3.05) is 6.61 Å². The first-order valence-corrected chi connectivity index (χ1v) is 5.85. The molecule has 96 valence electrons. The van der Waals surface area contributed by atoms with Crippen LogP contribution in [0.2, 0.25) is 0 Å². The van der Waals surface area contributed by atoms with Crippen molar-refractivity contribution in [2.24, 2.45) is 0 Å². The van der Waals surface area contributed by atoms with E-state index in [0.29, 0.717) is 0 Å². The second kappa shape index (κ2) is 8.08. The van der Waals surface area contributed by atoms with E-state index in [9.17, 15) is 0 Å². The fraction of sp³-hybridized carbons (Fsp3) is 0.571. The maximum Gasteiger partial charge on any atom is 0.164 e. The van der Waals surface area contributed by atoms with Crippen LogP contribution in [0.25, 0.3) is 0 Å². The zero-order chi connectivity index (χ0) is 13.3. The number of hydrogen-bond acceptors (Lipinski definition) is 3. The molecule has 1 heterocycles. The summed E-state index contributed by atoms with van der Waals surface area (Å²) in [6, 6.07) is 0. The van der Waals surface area contributed by atoms with Crippen LogP contribution >= 0.6 is 0 Å². The van der Waals surface area contributed by atoms with Crippen LogP contribution in [0, 0.1) is 12.3 Å². The highest BCUT2D eigenvalue weighted by Crippen LogP contribution is 2.28. The van der Waals surface area contributed by atoms with Crippen molar-refractivity contribution in [2.45, 2.75) is 45.7 Å². The van der Waals surface area contributed by atoms with Gasteiger partial charge in [-0.1, -0.05) is 38.0 Å². The molecule has 2 atom stereocenters. The summed E-state index contributed by atoms with van der Waals surface area (Å²) in [7, 11) is 0. The Hall–Kier alpha value is -1.08. The van der Waals surface area contributed by atoms with E-state index in [2.05, 4.69) is 5.92 Å². The van der Waals surface area contributed by atoms with E-state index in [-0.39, 0.29) is 18.8 Å². The molecule has 3 nitrogen and oxygen atoms in total. The smallest absolute Gasteiger partial charge is 0.164 e. The molecule has 0 spiro atoms. The van der Waals surface area contributed by atoms with Crippen molar-refractivity contribution in [3.8, 4) is 12.3 Å². The fourth-order valence-electron chi connectivity index (χ4n) is 1.45. The number of aliphatic hydroxyl groups excluding tert-OH is 1. The average Bonchev–Trinajstić information content (AvgIpc) is 2.62. The van der Waals surface area contributed by atoms with Gasteiger partial charge in [0.2, 0.25) is 0 Å². The first kappa shape index (κ1) is 15.9. The van der Waals surface area contributed by atoms with Crippen molar-refractivity contribution in [1.82, 2.24) is 0 Å². The highest BCUT2D eigenvalue weighted by molar-refractivity contribution is 5.17. The van der Waals surface area contributed by atoms with Gasteiger partial charge in [0.05, 0.1) is 6.61 Å². The van der Waals surface area contributed by atoms with Gasteiger partial charge in [-0.2, -0.15) is 0 Å². The number of hydrogen-bond donors (Lipinski definition) is 1. The Balaban J connectivity index is 0.00000121. The maximum atomic E-state index is 9.08. The minimum Gasteiger partial charge on any atom is -0.394 e. The van der Waals surface area contributed by atoms with E-state index in [4.69, 9.17) is 21.0 Å². The lowest BCUT2D eigenvalue weighted by Crippen LogP contribution is -2.24. The van der Waals surface area contributed by atoms with Crippen LogP contribution in [-0.2, 0) is 9.47 Å². The van der Waals surface area contributed by atoms with E-state index in [1.54, 1.807) is 18.2 Å². The van der Waals surface area contributed by atoms with Gasteiger partial charge in [-0.05, 0) is 19.9 Å². The van der Waals surface area contributed by atoms with Crippen molar-refractivity contribution >= 4 is 0 Å². The lowest BCUT2D eigenvalue weighted by Gasteiger charge is -2.15. The SMILES string of the molecule is C#C/C=C/C=C/C1OC(C)(C)OC1CO.CC. The van der Waals surface area contributed by atoms with E-state index in [1.807, 2.05) is 33.8 Å². The standard InChI is InChI=1S/C12H16O3.C2H6/c1-4-5-6-7-8-10-11(9-13)15-12(2,3)14-10;1-2/h1,5-8,10-11,13H,9H2,2-3H3;1-2H3/b6-5+,8-7+;. The van der Waals surface area contributed by atoms with Crippen LogP contribution in [-0.4, -0.2) is 29.7 Å². The van der Waals surface area contributed by atoms with Gasteiger partial charge in [0, 0.05) is 0 Å². The van der Waals surface area contributed by atoms with Crippen LogP contribution in [0.15, 0.2) is 24.3 Å². The van der Waals surface area contributed by atoms with Crippen molar-refractivity contribution in [1.29, 1.82) is 0 Å². The van der Waals surface area contributed by atoms with Gasteiger partial charge >= 0.3 is 0 Å². The highest BCUT2D eigenvalue weighted by atomic mass is 16.8. The van der Waals surface area contributed by atoms with Gasteiger partial charge in [0.25, 0.3) is 0 Å². The Bertz CT molecular complexity index is 297. The number of aliphatic hydroxyl groups is 1. The minimum atomic E-state index is -0.641. The number of terminal acetylenes is 1. The molecule has 3 heteroatoms. The summed E-state index contributed by atoms with van der Waals surface area (Å²) in [5.74, 6) is 1.74. The largest absolute Gasteiger partial charge is 0.394 e. The van der Waals surface area contributed by atoms with Crippen LogP contribution in [0.4, 0.5) is 0 Å². The first-order chi connectivity index (χ1) is 8.09. The molecule has 1 aliphatic rings. The zero-order valence-electron chi connectivity index (χ0n) is 11.0. The van der Waals surface area contributed by atoms with Crippen LogP contribution in [0.5, 0.6) is 0 Å². The molecule has 2 unspecified atom stereocenters. The van der Waals surface area contributed by atoms with E-state index in [1.165, 1.54) is 0 Å². The van der Waals surface area contributed by atoms with Crippen LogP contribution < -0.4 is 0 Å². The normalized spacial score (nSPS) is 26.8. The molecule has 1 aliphatic heterocycles. The molecule has 0 aromatic carbocycles. The van der Waals surface area contributed by atoms with Gasteiger partial charge in [-0.15, -0.1) is 6.42 Å². The highest BCUT2D eigenvalue weighted by Gasteiger charge is 2.39. The second-order valence-electron chi connectivity index (χ2n) is 3.73. The molecular weight excluding hydrogens is 216 g/mol. The third-order valence-electron chi connectivity index (χ3n) is 2.01. The number of allylic oxidation sites excluding steroid dienone is 3. The summed E-state index contributed by atoms with van der Waals surface area (Å²) < 4.78 is 11.1. The van der Waals surface area contributed by atoms with E-state index < -0.39 is 5.79 Å². The molecule has 0 radical (unpaired) electrons. The monoisotopic (exact) mass is 238 g/mol. The number of rotatable bonds is 3. The quantitative estimate of drug-likeness (QED) is 0.605. The predicted molar refractivity (Wildman–Crippen MR) is 69.4 cm³/mol. The Kier molecular flexibility index (Phi) is 7.56. The molecule has 0 aliphatic carbocycles. The molecule has 17 heavy (non-hydrogen) atoms. The molecule has 1 saturated heterocycles.